The number of thiophene rings is 1. The first kappa shape index (κ1) is 14.9. The van der Waals surface area contributed by atoms with E-state index in [0.717, 1.165) is 28.4 Å². The fraction of sp³-hybridized carbons (Fsp3) is 0.267. The molecule has 0 unspecified atom stereocenters. The highest BCUT2D eigenvalue weighted by Gasteiger charge is 2.03. The number of amides is 1. The molecule has 1 aromatic heterocycles. The summed E-state index contributed by atoms with van der Waals surface area (Å²) in [5.74, 6) is 0.0736. The van der Waals surface area contributed by atoms with Gasteiger partial charge in [-0.2, -0.15) is 0 Å². The fourth-order valence-corrected chi connectivity index (χ4v) is 2.93. The van der Waals surface area contributed by atoms with Crippen LogP contribution in [0.15, 0.2) is 36.4 Å². The minimum atomic E-state index is 0.0736. The summed E-state index contributed by atoms with van der Waals surface area (Å²) >= 11 is 7.41. The number of nitrogens with one attached hydrogen (secondary N) is 1. The second-order valence-corrected chi connectivity index (χ2v) is 6.35. The molecule has 0 spiro atoms. The third kappa shape index (κ3) is 4.87. The van der Waals surface area contributed by atoms with Crippen LogP contribution in [0.1, 0.15) is 16.9 Å². The van der Waals surface area contributed by atoms with Gasteiger partial charge in [0.05, 0.1) is 4.34 Å². The Morgan fingerprint density at radius 1 is 1.15 bits per heavy atom. The lowest BCUT2D eigenvalue weighted by Gasteiger charge is -2.05. The zero-order valence-corrected chi connectivity index (χ0v) is 12.6. The van der Waals surface area contributed by atoms with Crippen LogP contribution in [0.4, 0.5) is 5.69 Å². The van der Waals surface area contributed by atoms with Crippen LogP contribution in [0.25, 0.3) is 0 Å². The first-order valence-electron chi connectivity index (χ1n) is 6.49. The molecule has 0 saturated carbocycles. The molecular weight excluding hydrogens is 292 g/mol. The first-order chi connectivity index (χ1) is 9.63. The van der Waals surface area contributed by atoms with Crippen molar-refractivity contribution in [2.75, 3.05) is 12.3 Å². The van der Waals surface area contributed by atoms with E-state index in [1.165, 1.54) is 4.88 Å². The molecule has 2 aromatic rings. The number of carbonyl (C=O) groups is 1. The minimum absolute atomic E-state index is 0.0736. The third-order valence-corrected chi connectivity index (χ3v) is 4.23. The fourth-order valence-electron chi connectivity index (χ4n) is 1.84. The van der Waals surface area contributed by atoms with Gasteiger partial charge in [0, 0.05) is 23.5 Å². The Hall–Kier alpha value is -1.52. The van der Waals surface area contributed by atoms with Crippen LogP contribution in [0.2, 0.25) is 4.34 Å². The monoisotopic (exact) mass is 308 g/mol. The van der Waals surface area contributed by atoms with Gasteiger partial charge in [-0.25, -0.2) is 0 Å². The van der Waals surface area contributed by atoms with Gasteiger partial charge < -0.3 is 11.1 Å². The molecule has 0 aliphatic carbocycles. The van der Waals surface area contributed by atoms with Crippen LogP contribution in [0.5, 0.6) is 0 Å². The molecular formula is C15H17ClN2OS. The van der Waals surface area contributed by atoms with Crippen molar-refractivity contribution in [3.8, 4) is 0 Å². The van der Waals surface area contributed by atoms with Gasteiger partial charge in [0.25, 0.3) is 0 Å². The van der Waals surface area contributed by atoms with Gasteiger partial charge in [0.15, 0.2) is 0 Å². The third-order valence-electron chi connectivity index (χ3n) is 2.94. The van der Waals surface area contributed by atoms with Crippen molar-refractivity contribution in [2.45, 2.75) is 19.3 Å². The summed E-state index contributed by atoms with van der Waals surface area (Å²) in [6, 6.07) is 11.5. The number of aryl methyl sites for hydroxylation is 1. The molecule has 1 aromatic carbocycles. The molecule has 0 aliphatic heterocycles. The Labute approximate surface area is 127 Å². The van der Waals surface area contributed by atoms with Crippen LogP contribution < -0.4 is 11.1 Å². The lowest BCUT2D eigenvalue weighted by molar-refractivity contribution is -0.121. The van der Waals surface area contributed by atoms with Gasteiger partial charge in [-0.15, -0.1) is 11.3 Å². The average Bonchev–Trinajstić information content (AvgIpc) is 2.84. The quantitative estimate of drug-likeness (QED) is 0.805. The maximum Gasteiger partial charge on any atom is 0.220 e. The van der Waals surface area contributed by atoms with Gasteiger partial charge in [0.1, 0.15) is 0 Å². The Bertz CT molecular complexity index is 566. The lowest BCUT2D eigenvalue weighted by Crippen LogP contribution is -2.25. The van der Waals surface area contributed by atoms with Crippen molar-refractivity contribution >= 4 is 34.5 Å². The molecule has 0 bridgehead atoms. The van der Waals surface area contributed by atoms with E-state index < -0.39 is 0 Å². The number of anilines is 1. The topological polar surface area (TPSA) is 55.1 Å². The number of nitrogen functional groups attached to an aromatic ring is 1. The molecule has 3 N–H and O–H groups in total. The van der Waals surface area contributed by atoms with Gasteiger partial charge >= 0.3 is 0 Å². The van der Waals surface area contributed by atoms with Crippen LogP contribution in [0.3, 0.4) is 0 Å². The molecule has 2 rings (SSSR count). The molecule has 0 fully saturated rings. The van der Waals surface area contributed by atoms with E-state index in [0.29, 0.717) is 13.0 Å². The average molecular weight is 309 g/mol. The number of hydrogen-bond donors (Lipinski definition) is 2. The van der Waals surface area contributed by atoms with E-state index in [2.05, 4.69) is 5.32 Å². The zero-order valence-electron chi connectivity index (χ0n) is 11.1. The smallest absolute Gasteiger partial charge is 0.220 e. The van der Waals surface area contributed by atoms with Crippen LogP contribution in [-0.2, 0) is 17.6 Å². The predicted molar refractivity (Wildman–Crippen MR) is 85.2 cm³/mol. The Morgan fingerprint density at radius 3 is 2.55 bits per heavy atom. The van der Waals surface area contributed by atoms with Crippen molar-refractivity contribution in [1.29, 1.82) is 0 Å². The highest BCUT2D eigenvalue weighted by molar-refractivity contribution is 7.16. The van der Waals surface area contributed by atoms with E-state index in [1.807, 2.05) is 36.4 Å². The molecule has 0 saturated heterocycles. The van der Waals surface area contributed by atoms with E-state index in [9.17, 15) is 4.79 Å². The molecule has 1 amide bonds. The predicted octanol–water partition coefficient (Wildman–Crippen LogP) is 3.28. The summed E-state index contributed by atoms with van der Waals surface area (Å²) in [7, 11) is 0. The molecule has 3 nitrogen and oxygen atoms in total. The highest BCUT2D eigenvalue weighted by Crippen LogP contribution is 2.21. The van der Waals surface area contributed by atoms with Gasteiger partial charge in [-0.05, 0) is 42.7 Å². The van der Waals surface area contributed by atoms with Gasteiger partial charge in [0.2, 0.25) is 5.91 Å². The highest BCUT2D eigenvalue weighted by atomic mass is 35.5. The molecule has 0 radical (unpaired) electrons. The first-order valence-corrected chi connectivity index (χ1v) is 7.68. The Morgan fingerprint density at radius 2 is 1.90 bits per heavy atom. The largest absolute Gasteiger partial charge is 0.399 e. The molecule has 0 atom stereocenters. The van der Waals surface area contributed by atoms with Crippen molar-refractivity contribution < 1.29 is 4.79 Å². The molecule has 20 heavy (non-hydrogen) atoms. The number of nitrogens with two attached hydrogens (primary N) is 1. The summed E-state index contributed by atoms with van der Waals surface area (Å²) in [5, 5.41) is 2.92. The van der Waals surface area contributed by atoms with Gasteiger partial charge in [-0.3, -0.25) is 4.79 Å². The van der Waals surface area contributed by atoms with Crippen LogP contribution >= 0.6 is 22.9 Å². The second-order valence-electron chi connectivity index (χ2n) is 4.55. The number of benzene rings is 1. The number of rotatable bonds is 6. The molecule has 0 aliphatic rings. The summed E-state index contributed by atoms with van der Waals surface area (Å²) < 4.78 is 0.787. The summed E-state index contributed by atoms with van der Waals surface area (Å²) in [6.07, 6.45) is 2.05. The minimum Gasteiger partial charge on any atom is -0.399 e. The Kier molecular flexibility index (Phi) is 5.44. The summed E-state index contributed by atoms with van der Waals surface area (Å²) in [4.78, 5) is 12.9. The number of hydrogen-bond acceptors (Lipinski definition) is 3. The van der Waals surface area contributed by atoms with E-state index in [1.54, 1.807) is 11.3 Å². The molecule has 106 valence electrons. The van der Waals surface area contributed by atoms with Gasteiger partial charge in [-0.1, -0.05) is 23.7 Å². The molecule has 1 heterocycles. The SMILES string of the molecule is Nc1ccc(CCC(=O)NCCc2ccc(Cl)s2)cc1. The maximum absolute atomic E-state index is 11.7. The normalized spacial score (nSPS) is 10.4. The summed E-state index contributed by atoms with van der Waals surface area (Å²) in [6.45, 7) is 0.650. The van der Waals surface area contributed by atoms with Crippen LogP contribution in [-0.4, -0.2) is 12.5 Å². The van der Waals surface area contributed by atoms with Crippen molar-refractivity contribution in [2.24, 2.45) is 0 Å². The summed E-state index contributed by atoms with van der Waals surface area (Å²) in [5.41, 5.74) is 7.49. The molecule has 5 heteroatoms. The van der Waals surface area contributed by atoms with Crippen LogP contribution in [0, 0.1) is 0 Å². The zero-order chi connectivity index (χ0) is 14.4. The number of halogens is 1. The maximum atomic E-state index is 11.7. The Balaban J connectivity index is 1.66. The van der Waals surface area contributed by atoms with E-state index >= 15 is 0 Å². The second kappa shape index (κ2) is 7.31. The van der Waals surface area contributed by atoms with E-state index in [-0.39, 0.29) is 5.91 Å². The van der Waals surface area contributed by atoms with E-state index in [4.69, 9.17) is 17.3 Å². The number of carbonyl (C=O) groups excluding carboxylic acids is 1. The van der Waals surface area contributed by atoms with Crippen molar-refractivity contribution in [3.05, 3.63) is 51.2 Å². The standard InChI is InChI=1S/C15H17ClN2OS/c16-14-7-6-13(20-14)9-10-18-15(19)8-3-11-1-4-12(17)5-2-11/h1-2,4-7H,3,8-10,17H2,(H,18,19). The lowest BCUT2D eigenvalue weighted by atomic mass is 10.1. The van der Waals surface area contributed by atoms with Crippen molar-refractivity contribution in [3.63, 3.8) is 0 Å². The van der Waals surface area contributed by atoms with Crippen molar-refractivity contribution in [1.82, 2.24) is 5.32 Å².